The van der Waals surface area contributed by atoms with Crippen molar-refractivity contribution in [2.24, 2.45) is 0 Å². The van der Waals surface area contributed by atoms with Crippen LogP contribution in [0.4, 0.5) is 0 Å². The monoisotopic (exact) mass is 366 g/mol. The van der Waals surface area contributed by atoms with E-state index in [-0.39, 0.29) is 5.56 Å². The fraction of sp³-hybridized carbons (Fsp3) is 0. The first kappa shape index (κ1) is 12.0. The summed E-state index contributed by atoms with van der Waals surface area (Å²) in [4.78, 5) is 19.3. The quantitative estimate of drug-likeness (QED) is 0.684. The molecule has 0 bridgehead atoms. The lowest BCUT2D eigenvalue weighted by Gasteiger charge is -1.98. The molecule has 0 atom stereocenters. The number of hydrogen-bond donors (Lipinski definition) is 1. The van der Waals surface area contributed by atoms with Gasteiger partial charge in [-0.05, 0) is 27.8 Å². The number of nitrogens with one attached hydrogen (secondary N) is 1. The van der Waals surface area contributed by atoms with Gasteiger partial charge in [0.25, 0.3) is 5.56 Å². The Kier molecular flexibility index (Phi) is 3.07. The van der Waals surface area contributed by atoms with E-state index in [2.05, 4.69) is 25.4 Å². The molecule has 0 aliphatic carbocycles. The van der Waals surface area contributed by atoms with Crippen LogP contribution in [0.25, 0.3) is 17.2 Å². The summed E-state index contributed by atoms with van der Waals surface area (Å²) in [6.07, 6.45) is 1.31. The Morgan fingerprint density at radius 2 is 2.00 bits per heavy atom. The van der Waals surface area contributed by atoms with Gasteiger partial charge in [0.05, 0.1) is 6.33 Å². The van der Waals surface area contributed by atoms with E-state index in [4.69, 9.17) is 0 Å². The molecule has 0 radical (unpaired) electrons. The molecule has 8 heteroatoms. The number of aromatic nitrogens is 6. The third-order valence-corrected chi connectivity index (χ3v) is 3.39. The number of benzene rings is 1. The van der Waals surface area contributed by atoms with Crippen molar-refractivity contribution in [3.05, 3.63) is 50.6 Å². The first-order chi connectivity index (χ1) is 9.25. The summed E-state index contributed by atoms with van der Waals surface area (Å²) in [6.45, 7) is 0. The molecule has 2 heterocycles. The highest BCUT2D eigenvalue weighted by atomic mass is 127. The minimum absolute atomic E-state index is 0.232. The third kappa shape index (κ3) is 2.26. The third-order valence-electron chi connectivity index (χ3n) is 2.41. The summed E-state index contributed by atoms with van der Waals surface area (Å²) < 4.78 is 0.414. The fourth-order valence-electron chi connectivity index (χ4n) is 1.52. The Bertz CT molecular complexity index is 766. The summed E-state index contributed by atoms with van der Waals surface area (Å²) in [5, 5.41) is 12.1. The predicted octanol–water partition coefficient (Wildman–Crippen LogP) is 1.02. The first-order valence-corrected chi connectivity index (χ1v) is 6.42. The maximum absolute atomic E-state index is 11.5. The van der Waals surface area contributed by atoms with Crippen molar-refractivity contribution in [3.8, 4) is 17.2 Å². The molecule has 2 aromatic heterocycles. The van der Waals surface area contributed by atoms with Gasteiger partial charge in [0.1, 0.15) is 3.57 Å². The van der Waals surface area contributed by atoms with Crippen LogP contribution in [0.5, 0.6) is 0 Å². The zero-order chi connectivity index (χ0) is 13.2. The van der Waals surface area contributed by atoms with Crippen LogP contribution in [0.2, 0.25) is 0 Å². The Labute approximate surface area is 120 Å². The van der Waals surface area contributed by atoms with Crippen molar-refractivity contribution in [2.45, 2.75) is 0 Å². The van der Waals surface area contributed by atoms with Crippen LogP contribution >= 0.6 is 22.6 Å². The molecule has 0 amide bonds. The molecular formula is C11H7IN6O. The van der Waals surface area contributed by atoms with Crippen LogP contribution in [-0.4, -0.2) is 30.2 Å². The molecule has 94 valence electrons. The normalized spacial score (nSPS) is 10.6. The van der Waals surface area contributed by atoms with Gasteiger partial charge in [0, 0.05) is 5.56 Å². The van der Waals surface area contributed by atoms with Crippen molar-refractivity contribution in [3.63, 3.8) is 0 Å². The molecule has 0 spiro atoms. The number of hydrogen-bond acceptors (Lipinski definition) is 5. The summed E-state index contributed by atoms with van der Waals surface area (Å²) in [6, 6.07) is 9.47. The Balaban J connectivity index is 2.07. The molecule has 0 unspecified atom stereocenters. The molecule has 0 aliphatic rings. The lowest BCUT2D eigenvalue weighted by molar-refractivity contribution is 0.692. The molecule has 0 saturated heterocycles. The minimum Gasteiger partial charge on any atom is -0.312 e. The number of nitrogens with zero attached hydrogens (tertiary/aromatic N) is 5. The van der Waals surface area contributed by atoms with Crippen LogP contribution in [0.3, 0.4) is 0 Å². The molecule has 7 nitrogen and oxygen atoms in total. The molecule has 1 N–H and O–H groups in total. The van der Waals surface area contributed by atoms with Gasteiger partial charge in [0.15, 0.2) is 5.82 Å². The van der Waals surface area contributed by atoms with Gasteiger partial charge in [0.2, 0.25) is 5.82 Å². The number of tetrazole rings is 1. The summed E-state index contributed by atoms with van der Waals surface area (Å²) in [5.74, 6) is 0.845. The highest BCUT2D eigenvalue weighted by Gasteiger charge is 2.12. The van der Waals surface area contributed by atoms with E-state index < -0.39 is 0 Å². The Hall–Kier alpha value is -2.10. The van der Waals surface area contributed by atoms with Gasteiger partial charge in [-0.15, -0.1) is 15.0 Å². The van der Waals surface area contributed by atoms with Crippen LogP contribution in [-0.2, 0) is 0 Å². The van der Waals surface area contributed by atoms with E-state index in [9.17, 15) is 4.79 Å². The lowest BCUT2D eigenvalue weighted by Crippen LogP contribution is -2.16. The van der Waals surface area contributed by atoms with Gasteiger partial charge >= 0.3 is 0 Å². The second-order valence-electron chi connectivity index (χ2n) is 3.64. The SMILES string of the molecule is O=c1[nH]cnc(-n2nnc(-c3ccccc3)n2)c1I. The van der Waals surface area contributed by atoms with Gasteiger partial charge < -0.3 is 4.98 Å². The maximum atomic E-state index is 11.5. The second kappa shape index (κ2) is 4.88. The lowest BCUT2D eigenvalue weighted by atomic mass is 10.2. The molecular weight excluding hydrogens is 359 g/mol. The van der Waals surface area contributed by atoms with E-state index in [1.54, 1.807) is 0 Å². The zero-order valence-corrected chi connectivity index (χ0v) is 11.6. The van der Waals surface area contributed by atoms with Crippen LogP contribution in [0.15, 0.2) is 41.5 Å². The van der Waals surface area contributed by atoms with E-state index >= 15 is 0 Å². The summed E-state index contributed by atoms with van der Waals surface area (Å²) >= 11 is 1.90. The van der Waals surface area contributed by atoms with Crippen LogP contribution < -0.4 is 5.56 Å². The van der Waals surface area contributed by atoms with Crippen LogP contribution in [0.1, 0.15) is 0 Å². The van der Waals surface area contributed by atoms with E-state index in [1.807, 2.05) is 52.9 Å². The van der Waals surface area contributed by atoms with Crippen molar-refractivity contribution >= 4 is 22.6 Å². The highest BCUT2D eigenvalue weighted by molar-refractivity contribution is 14.1. The Morgan fingerprint density at radius 3 is 2.79 bits per heavy atom. The van der Waals surface area contributed by atoms with Gasteiger partial charge in [-0.25, -0.2) is 4.98 Å². The zero-order valence-electron chi connectivity index (χ0n) is 9.49. The van der Waals surface area contributed by atoms with E-state index in [0.29, 0.717) is 15.2 Å². The van der Waals surface area contributed by atoms with Gasteiger partial charge in [-0.3, -0.25) is 4.79 Å². The van der Waals surface area contributed by atoms with Crippen molar-refractivity contribution < 1.29 is 0 Å². The number of rotatable bonds is 2. The van der Waals surface area contributed by atoms with Crippen molar-refractivity contribution in [2.75, 3.05) is 0 Å². The molecule has 19 heavy (non-hydrogen) atoms. The average Bonchev–Trinajstić information content (AvgIpc) is 2.92. The van der Waals surface area contributed by atoms with Gasteiger partial charge in [-0.1, -0.05) is 30.3 Å². The van der Waals surface area contributed by atoms with E-state index in [0.717, 1.165) is 5.56 Å². The smallest absolute Gasteiger partial charge is 0.266 e. The molecule has 0 fully saturated rings. The maximum Gasteiger partial charge on any atom is 0.266 e. The molecule has 3 aromatic rings. The fourth-order valence-corrected chi connectivity index (χ4v) is 2.03. The largest absolute Gasteiger partial charge is 0.312 e. The molecule has 3 rings (SSSR count). The van der Waals surface area contributed by atoms with Gasteiger partial charge in [-0.2, -0.15) is 0 Å². The second-order valence-corrected chi connectivity index (χ2v) is 4.72. The topological polar surface area (TPSA) is 89.4 Å². The average molecular weight is 366 g/mol. The number of H-pyrrole nitrogens is 1. The minimum atomic E-state index is -0.232. The molecule has 0 saturated carbocycles. The predicted molar refractivity (Wildman–Crippen MR) is 75.7 cm³/mol. The summed E-state index contributed by atoms with van der Waals surface area (Å²) in [7, 11) is 0. The van der Waals surface area contributed by atoms with Crippen molar-refractivity contribution in [1.82, 2.24) is 30.2 Å². The molecule has 1 aromatic carbocycles. The van der Waals surface area contributed by atoms with Crippen LogP contribution in [0, 0.1) is 3.57 Å². The molecule has 0 aliphatic heterocycles. The standard InChI is InChI=1S/C11H7IN6O/c12-8-10(13-6-14-11(8)19)18-16-9(15-17-18)7-4-2-1-3-5-7/h1-6H,(H,13,14,19). The number of halogens is 1. The number of aromatic amines is 1. The first-order valence-electron chi connectivity index (χ1n) is 5.35. The highest BCUT2D eigenvalue weighted by Crippen LogP contribution is 2.14. The van der Waals surface area contributed by atoms with E-state index in [1.165, 1.54) is 11.1 Å². The summed E-state index contributed by atoms with van der Waals surface area (Å²) in [5.41, 5.74) is 0.623. The Morgan fingerprint density at radius 1 is 1.21 bits per heavy atom. The van der Waals surface area contributed by atoms with Crippen molar-refractivity contribution in [1.29, 1.82) is 0 Å².